The molecule has 1 aromatic carbocycles. The number of Topliss-reactive ketones (excluding diaryl/α,β-unsaturated/α-hetero) is 1. The van der Waals surface area contributed by atoms with E-state index in [1.165, 1.54) is 11.1 Å². The fourth-order valence-electron chi connectivity index (χ4n) is 8.62. The summed E-state index contributed by atoms with van der Waals surface area (Å²) < 4.78 is 7.38. The van der Waals surface area contributed by atoms with Crippen molar-refractivity contribution in [2.24, 2.45) is 17.3 Å². The Kier molecular flexibility index (Phi) is 8.03. The van der Waals surface area contributed by atoms with Crippen LogP contribution >= 0.6 is 0 Å². The molecule has 5 fully saturated rings. The minimum Gasteiger partial charge on any atom is -0.496 e. The highest BCUT2D eigenvalue weighted by molar-refractivity contribution is 5.94. The van der Waals surface area contributed by atoms with Crippen molar-refractivity contribution in [1.29, 1.82) is 0 Å². The minimum atomic E-state index is -0.0311. The van der Waals surface area contributed by atoms with Crippen LogP contribution in [0.1, 0.15) is 113 Å². The number of ether oxygens (including phenoxy) is 1. The number of ketones is 1. The predicted molar refractivity (Wildman–Crippen MR) is 174 cm³/mol. The Labute approximate surface area is 267 Å². The van der Waals surface area contributed by atoms with Crippen LogP contribution in [0.4, 0.5) is 5.82 Å². The molecule has 45 heavy (non-hydrogen) atoms. The second kappa shape index (κ2) is 12.0. The quantitative estimate of drug-likeness (QED) is 0.240. The summed E-state index contributed by atoms with van der Waals surface area (Å²) in [6.07, 6.45) is 16.9. The first-order valence-electron chi connectivity index (χ1n) is 17.1. The minimum absolute atomic E-state index is 0.0311. The molecule has 0 unspecified atom stereocenters. The zero-order valence-electron chi connectivity index (χ0n) is 27.1. The van der Waals surface area contributed by atoms with Crippen LogP contribution in [-0.2, 0) is 15.0 Å². The van der Waals surface area contributed by atoms with Crippen LogP contribution in [0.2, 0.25) is 0 Å². The summed E-state index contributed by atoms with van der Waals surface area (Å²) in [5.41, 5.74) is 3.84. The Morgan fingerprint density at radius 1 is 0.956 bits per heavy atom. The number of amides is 1. The van der Waals surface area contributed by atoms with Gasteiger partial charge in [-0.3, -0.25) is 9.69 Å². The second-order valence-electron chi connectivity index (χ2n) is 14.7. The van der Waals surface area contributed by atoms with E-state index >= 15 is 0 Å². The maximum Gasteiger partial charge on any atom is 0.231 e. The number of carbonyl (C=O) groups excluding carboxylic acids is 2. The molecule has 2 bridgehead atoms. The lowest BCUT2D eigenvalue weighted by Crippen LogP contribution is -2.52. The summed E-state index contributed by atoms with van der Waals surface area (Å²) in [6, 6.07) is 10.7. The summed E-state index contributed by atoms with van der Waals surface area (Å²) >= 11 is 0. The van der Waals surface area contributed by atoms with E-state index in [9.17, 15) is 9.59 Å². The van der Waals surface area contributed by atoms with Crippen LogP contribution in [0.15, 0.2) is 42.9 Å². The molecule has 8 heteroatoms. The number of benzene rings is 1. The molecular formula is C37H47N5O3. The Bertz CT molecular complexity index is 1540. The van der Waals surface area contributed by atoms with E-state index in [4.69, 9.17) is 14.8 Å². The van der Waals surface area contributed by atoms with Crippen LogP contribution in [0.5, 0.6) is 5.75 Å². The van der Waals surface area contributed by atoms with E-state index < -0.39 is 0 Å². The molecule has 8 nitrogen and oxygen atoms in total. The van der Waals surface area contributed by atoms with Gasteiger partial charge in [-0.2, -0.15) is 5.10 Å². The number of rotatable bonds is 10. The van der Waals surface area contributed by atoms with Gasteiger partial charge in [0.15, 0.2) is 5.82 Å². The maximum absolute atomic E-state index is 14.5. The number of nitrogens with zero attached hydrogens (tertiary/aromatic N) is 5. The Balaban J connectivity index is 1.13. The van der Waals surface area contributed by atoms with Gasteiger partial charge in [0.25, 0.3) is 0 Å². The number of pyridine rings is 1. The first-order chi connectivity index (χ1) is 21.8. The molecule has 2 aromatic heterocycles. The van der Waals surface area contributed by atoms with E-state index in [0.29, 0.717) is 24.8 Å². The molecule has 2 heterocycles. The monoisotopic (exact) mass is 609 g/mol. The number of aryl methyl sites for hydroxylation is 1. The highest BCUT2D eigenvalue weighted by atomic mass is 16.5. The highest BCUT2D eigenvalue weighted by Crippen LogP contribution is 2.58. The van der Waals surface area contributed by atoms with Gasteiger partial charge in [-0.15, -0.1) is 0 Å². The van der Waals surface area contributed by atoms with E-state index in [2.05, 4.69) is 30.1 Å². The summed E-state index contributed by atoms with van der Waals surface area (Å²) in [7, 11) is 1.74. The Hall–Kier alpha value is -3.55. The van der Waals surface area contributed by atoms with Crippen LogP contribution in [0, 0.1) is 24.2 Å². The van der Waals surface area contributed by atoms with Crippen molar-refractivity contribution in [1.82, 2.24) is 19.7 Å². The van der Waals surface area contributed by atoms with Gasteiger partial charge in [-0.25, -0.2) is 14.6 Å². The number of hydrogen-bond acceptors (Lipinski definition) is 6. The van der Waals surface area contributed by atoms with Crippen LogP contribution in [0.25, 0.3) is 5.69 Å². The molecular weight excluding hydrogens is 562 g/mol. The lowest BCUT2D eigenvalue weighted by atomic mass is 9.51. The lowest BCUT2D eigenvalue weighted by Gasteiger charge is -2.55. The summed E-state index contributed by atoms with van der Waals surface area (Å²) in [5, 5.41) is 4.75. The van der Waals surface area contributed by atoms with Gasteiger partial charge in [0.1, 0.15) is 23.7 Å². The third kappa shape index (κ3) is 6.05. The average molecular weight is 610 g/mol. The fraction of sp³-hybridized carbons (Fsp3) is 0.595. The van der Waals surface area contributed by atoms with Gasteiger partial charge in [-0.1, -0.05) is 12.1 Å². The van der Waals surface area contributed by atoms with Crippen molar-refractivity contribution in [2.75, 3.05) is 18.6 Å². The Morgan fingerprint density at radius 3 is 2.33 bits per heavy atom. The van der Waals surface area contributed by atoms with Gasteiger partial charge in [-0.05, 0) is 131 Å². The predicted octanol–water partition coefficient (Wildman–Crippen LogP) is 7.27. The molecule has 5 aliphatic rings. The van der Waals surface area contributed by atoms with Gasteiger partial charge >= 0.3 is 0 Å². The summed E-state index contributed by atoms with van der Waals surface area (Å²) in [5.74, 6) is 3.87. The van der Waals surface area contributed by atoms with Gasteiger partial charge in [0.05, 0.1) is 12.8 Å². The maximum atomic E-state index is 14.5. The van der Waals surface area contributed by atoms with Gasteiger partial charge in [0.2, 0.25) is 5.91 Å². The van der Waals surface area contributed by atoms with Crippen LogP contribution in [0.3, 0.4) is 0 Å². The lowest BCUT2D eigenvalue weighted by molar-refractivity contribution is -0.124. The van der Waals surface area contributed by atoms with Crippen LogP contribution in [-0.4, -0.2) is 45.1 Å². The standard InChI is InChI=1S/C37H47N5O3/c1-25-20-30(10-11-32(25)45-3)37-16-13-36(14-17-37,15-18-37)23-41(35(44)29-6-4-27(5-7-29)21-26(2)43)33-22-31(12-19-38-33)42-24-39-34(40-42)28-8-9-28/h10-12,19-20,22,24,27-29H,4-9,13-18,21,23H2,1-3H3. The highest BCUT2D eigenvalue weighted by Gasteiger charge is 2.51. The van der Waals surface area contributed by atoms with Crippen molar-refractivity contribution in [3.05, 3.63) is 59.8 Å². The van der Waals surface area contributed by atoms with Crippen molar-refractivity contribution < 1.29 is 14.3 Å². The van der Waals surface area contributed by atoms with Crippen LogP contribution < -0.4 is 9.64 Å². The molecule has 0 aliphatic heterocycles. The molecule has 0 spiro atoms. The molecule has 238 valence electrons. The third-order valence-electron chi connectivity index (χ3n) is 11.7. The topological polar surface area (TPSA) is 90.2 Å². The molecule has 1 amide bonds. The number of fused-ring (bicyclic) bond motifs is 3. The third-order valence-corrected chi connectivity index (χ3v) is 11.7. The number of carbonyl (C=O) groups is 2. The van der Waals surface area contributed by atoms with E-state index in [0.717, 1.165) is 100 Å². The molecule has 5 saturated carbocycles. The SMILES string of the molecule is COc1ccc(C23CCC(CN(C(=O)C4CCC(CC(C)=O)CC4)c4cc(-n5cnc(C6CC6)n5)ccn4)(CC2)CC3)cc1C. The van der Waals surface area contributed by atoms with Crippen molar-refractivity contribution in [2.45, 2.75) is 109 Å². The van der Waals surface area contributed by atoms with Crippen molar-refractivity contribution in [3.63, 3.8) is 0 Å². The zero-order chi connectivity index (χ0) is 31.2. The molecule has 3 aromatic rings. The zero-order valence-corrected chi connectivity index (χ0v) is 27.1. The molecule has 8 rings (SSSR count). The summed E-state index contributed by atoms with van der Waals surface area (Å²) in [4.78, 5) is 37.6. The van der Waals surface area contributed by atoms with E-state index in [1.54, 1.807) is 20.4 Å². The Morgan fingerprint density at radius 2 is 1.69 bits per heavy atom. The number of aromatic nitrogens is 4. The van der Waals surface area contributed by atoms with Crippen molar-refractivity contribution in [3.8, 4) is 11.4 Å². The molecule has 0 atom stereocenters. The van der Waals surface area contributed by atoms with Crippen molar-refractivity contribution >= 4 is 17.5 Å². The fourth-order valence-corrected chi connectivity index (χ4v) is 8.62. The smallest absolute Gasteiger partial charge is 0.231 e. The van der Waals surface area contributed by atoms with E-state index in [-0.39, 0.29) is 28.4 Å². The first-order valence-corrected chi connectivity index (χ1v) is 17.1. The normalized spacial score (nSPS) is 27.7. The molecule has 0 N–H and O–H groups in total. The summed E-state index contributed by atoms with van der Waals surface area (Å²) in [6.45, 7) is 4.52. The van der Waals surface area contributed by atoms with E-state index in [1.807, 2.05) is 27.9 Å². The number of anilines is 1. The number of methoxy groups -OCH3 is 1. The molecule has 0 saturated heterocycles. The first kappa shape index (κ1) is 30.1. The second-order valence-corrected chi connectivity index (χ2v) is 14.7. The van der Waals surface area contributed by atoms with Gasteiger partial charge < -0.3 is 9.53 Å². The average Bonchev–Trinajstić information content (AvgIpc) is 3.80. The van der Waals surface area contributed by atoms with Gasteiger partial charge in [0, 0.05) is 37.1 Å². The largest absolute Gasteiger partial charge is 0.496 e. The molecule has 0 radical (unpaired) electrons. The number of hydrogen-bond donors (Lipinski definition) is 0. The molecule has 5 aliphatic carbocycles.